The van der Waals surface area contributed by atoms with Gasteiger partial charge in [-0.1, -0.05) is 11.6 Å². The quantitative estimate of drug-likeness (QED) is 0.747. The van der Waals surface area contributed by atoms with Crippen LogP contribution in [0.3, 0.4) is 0 Å². The maximum Gasteiger partial charge on any atom is 0.130 e. The van der Waals surface area contributed by atoms with Crippen molar-refractivity contribution in [3.05, 3.63) is 29.3 Å². The predicted molar refractivity (Wildman–Crippen MR) is 61.4 cm³/mol. The van der Waals surface area contributed by atoms with E-state index in [4.69, 9.17) is 21.4 Å². The normalized spacial score (nSPS) is 29.3. The van der Waals surface area contributed by atoms with E-state index in [1.807, 2.05) is 12.1 Å². The maximum absolute atomic E-state index is 9.54. The highest BCUT2D eigenvalue weighted by molar-refractivity contribution is 6.30. The molecule has 1 aliphatic heterocycles. The van der Waals surface area contributed by atoms with Gasteiger partial charge in [0.2, 0.25) is 0 Å². The summed E-state index contributed by atoms with van der Waals surface area (Å²) < 4.78 is 5.41. The Kier molecular flexibility index (Phi) is 3.66. The van der Waals surface area contributed by atoms with E-state index in [-0.39, 0.29) is 12.8 Å². The van der Waals surface area contributed by atoms with Crippen molar-refractivity contribution >= 4 is 17.3 Å². The molecule has 16 heavy (non-hydrogen) atoms. The van der Waals surface area contributed by atoms with Gasteiger partial charge in [-0.15, -0.1) is 0 Å². The number of benzene rings is 1. The summed E-state index contributed by atoms with van der Waals surface area (Å²) in [6.45, 7) is -0.167. The average Bonchev–Trinajstić information content (AvgIpc) is 2.62. The lowest BCUT2D eigenvalue weighted by Gasteiger charge is -2.14. The minimum Gasteiger partial charge on any atom is -0.394 e. The Labute approximate surface area is 98.8 Å². The van der Waals surface area contributed by atoms with Crippen molar-refractivity contribution in [1.29, 1.82) is 0 Å². The molecular weight excluding hydrogens is 230 g/mol. The molecule has 0 unspecified atom stereocenters. The van der Waals surface area contributed by atoms with Crippen LogP contribution in [-0.4, -0.2) is 35.3 Å². The molecule has 4 nitrogen and oxygen atoms in total. The predicted octanol–water partition coefficient (Wildman–Crippen LogP) is 1.22. The second kappa shape index (κ2) is 5.01. The molecule has 0 spiro atoms. The largest absolute Gasteiger partial charge is 0.394 e. The minimum atomic E-state index is -0.616. The number of hydrogen-bond acceptors (Lipinski definition) is 4. The number of hydrogen-bond donors (Lipinski definition) is 3. The van der Waals surface area contributed by atoms with Crippen LogP contribution in [0.25, 0.3) is 0 Å². The summed E-state index contributed by atoms with van der Waals surface area (Å²) in [5.41, 5.74) is 0.875. The average molecular weight is 244 g/mol. The third-order valence-electron chi connectivity index (χ3n) is 2.58. The third kappa shape index (κ3) is 2.65. The zero-order chi connectivity index (χ0) is 11.5. The van der Waals surface area contributed by atoms with Gasteiger partial charge in [-0.25, -0.2) is 0 Å². The summed E-state index contributed by atoms with van der Waals surface area (Å²) in [6, 6.07) is 7.23. The van der Waals surface area contributed by atoms with Gasteiger partial charge < -0.3 is 20.3 Å². The fourth-order valence-electron chi connectivity index (χ4n) is 1.72. The molecule has 0 radical (unpaired) electrons. The maximum atomic E-state index is 9.54. The first-order valence-corrected chi connectivity index (χ1v) is 5.53. The first kappa shape index (κ1) is 11.7. The standard InChI is InChI=1S/C11H14ClNO3/c12-7-1-3-8(4-2-7)13-11-5-9(15)10(6-14)16-11/h1-4,9-11,13-15H,5-6H2/t9-,10-,11+/m0/s1. The molecule has 1 aromatic rings. The highest BCUT2D eigenvalue weighted by atomic mass is 35.5. The summed E-state index contributed by atoms with van der Waals surface area (Å²) in [6.07, 6.45) is -0.915. The van der Waals surface area contributed by atoms with Gasteiger partial charge in [0.1, 0.15) is 12.3 Å². The molecule has 3 atom stereocenters. The van der Waals surface area contributed by atoms with E-state index in [1.54, 1.807) is 12.1 Å². The second-order valence-corrected chi connectivity index (χ2v) is 4.24. The summed E-state index contributed by atoms with van der Waals surface area (Å²) >= 11 is 5.77. The van der Waals surface area contributed by atoms with Gasteiger partial charge >= 0.3 is 0 Å². The number of aliphatic hydroxyl groups excluding tert-OH is 2. The first-order valence-electron chi connectivity index (χ1n) is 5.15. The van der Waals surface area contributed by atoms with Gasteiger partial charge in [0.25, 0.3) is 0 Å². The van der Waals surface area contributed by atoms with Crippen molar-refractivity contribution in [2.75, 3.05) is 11.9 Å². The molecule has 1 aliphatic rings. The van der Waals surface area contributed by atoms with Gasteiger partial charge in [0, 0.05) is 17.1 Å². The van der Waals surface area contributed by atoms with Crippen LogP contribution >= 0.6 is 11.6 Å². The van der Waals surface area contributed by atoms with Gasteiger partial charge in [-0.2, -0.15) is 0 Å². The Morgan fingerprint density at radius 1 is 1.38 bits per heavy atom. The molecule has 1 heterocycles. The molecule has 0 amide bonds. The van der Waals surface area contributed by atoms with Crippen LogP contribution in [0.1, 0.15) is 6.42 Å². The van der Waals surface area contributed by atoms with Crippen LogP contribution in [0, 0.1) is 0 Å². The highest BCUT2D eigenvalue weighted by Gasteiger charge is 2.33. The number of ether oxygens (including phenoxy) is 1. The van der Waals surface area contributed by atoms with Crippen LogP contribution in [0.4, 0.5) is 5.69 Å². The number of aliphatic hydroxyl groups is 2. The van der Waals surface area contributed by atoms with Gasteiger partial charge in [0.15, 0.2) is 0 Å². The summed E-state index contributed by atoms with van der Waals surface area (Å²) in [7, 11) is 0. The molecule has 0 aromatic heterocycles. The van der Waals surface area contributed by atoms with E-state index in [0.717, 1.165) is 5.69 Å². The van der Waals surface area contributed by atoms with Crippen LogP contribution in [-0.2, 0) is 4.74 Å². The van der Waals surface area contributed by atoms with Gasteiger partial charge in [-0.3, -0.25) is 0 Å². The van der Waals surface area contributed by atoms with E-state index in [9.17, 15) is 5.11 Å². The molecule has 2 rings (SSSR count). The fraction of sp³-hybridized carbons (Fsp3) is 0.455. The zero-order valence-electron chi connectivity index (χ0n) is 8.64. The van der Waals surface area contributed by atoms with Crippen molar-refractivity contribution in [2.24, 2.45) is 0 Å². The summed E-state index contributed by atoms with van der Waals surface area (Å²) in [5.74, 6) is 0. The lowest BCUT2D eigenvalue weighted by Crippen LogP contribution is -2.25. The topological polar surface area (TPSA) is 61.7 Å². The first-order chi connectivity index (χ1) is 7.69. The Bertz CT molecular complexity index is 344. The van der Waals surface area contributed by atoms with E-state index in [1.165, 1.54) is 0 Å². The zero-order valence-corrected chi connectivity index (χ0v) is 9.39. The lowest BCUT2D eigenvalue weighted by molar-refractivity contribution is -0.0149. The van der Waals surface area contributed by atoms with Crippen molar-refractivity contribution < 1.29 is 14.9 Å². The molecule has 1 aromatic carbocycles. The van der Waals surface area contributed by atoms with Crippen LogP contribution < -0.4 is 5.32 Å². The Hall–Kier alpha value is -0.810. The molecule has 5 heteroatoms. The Balaban J connectivity index is 1.94. The monoisotopic (exact) mass is 243 g/mol. The molecule has 3 N–H and O–H groups in total. The Morgan fingerprint density at radius 3 is 2.62 bits per heavy atom. The lowest BCUT2D eigenvalue weighted by atomic mass is 10.2. The van der Waals surface area contributed by atoms with E-state index < -0.39 is 12.2 Å². The van der Waals surface area contributed by atoms with Crippen molar-refractivity contribution in [1.82, 2.24) is 0 Å². The smallest absolute Gasteiger partial charge is 0.130 e. The summed E-state index contributed by atoms with van der Waals surface area (Å²) in [4.78, 5) is 0. The summed E-state index contributed by atoms with van der Waals surface area (Å²) in [5, 5.41) is 22.2. The third-order valence-corrected chi connectivity index (χ3v) is 2.83. The van der Waals surface area contributed by atoms with Crippen molar-refractivity contribution in [2.45, 2.75) is 24.9 Å². The van der Waals surface area contributed by atoms with Crippen LogP contribution in [0.2, 0.25) is 5.02 Å². The molecule has 0 aliphatic carbocycles. The number of rotatable bonds is 3. The van der Waals surface area contributed by atoms with Gasteiger partial charge in [-0.05, 0) is 24.3 Å². The van der Waals surface area contributed by atoms with Gasteiger partial charge in [0.05, 0.1) is 12.7 Å². The number of nitrogens with one attached hydrogen (secondary N) is 1. The highest BCUT2D eigenvalue weighted by Crippen LogP contribution is 2.22. The van der Waals surface area contributed by atoms with E-state index in [2.05, 4.69) is 5.32 Å². The Morgan fingerprint density at radius 2 is 2.06 bits per heavy atom. The van der Waals surface area contributed by atoms with Crippen molar-refractivity contribution in [3.8, 4) is 0 Å². The SMILES string of the molecule is OC[C@@H]1O[C@@H](Nc2ccc(Cl)cc2)C[C@@H]1O. The van der Waals surface area contributed by atoms with E-state index in [0.29, 0.717) is 11.4 Å². The molecule has 1 saturated heterocycles. The van der Waals surface area contributed by atoms with Crippen LogP contribution in [0.15, 0.2) is 24.3 Å². The number of halogens is 1. The fourth-order valence-corrected chi connectivity index (χ4v) is 1.84. The second-order valence-electron chi connectivity index (χ2n) is 3.80. The molecule has 0 saturated carbocycles. The minimum absolute atomic E-state index is 0.167. The molecule has 1 fully saturated rings. The molecule has 0 bridgehead atoms. The van der Waals surface area contributed by atoms with Crippen LogP contribution in [0.5, 0.6) is 0 Å². The van der Waals surface area contributed by atoms with E-state index >= 15 is 0 Å². The van der Waals surface area contributed by atoms with Crippen molar-refractivity contribution in [3.63, 3.8) is 0 Å². The molecular formula is C11H14ClNO3. The number of anilines is 1. The molecule has 88 valence electrons.